The first kappa shape index (κ1) is 19.0. The summed E-state index contributed by atoms with van der Waals surface area (Å²) in [6.07, 6.45) is 0.884. The first-order valence-corrected chi connectivity index (χ1v) is 9.08. The maximum atomic E-state index is 13.9. The van der Waals surface area contributed by atoms with Crippen LogP contribution in [0.3, 0.4) is 0 Å². The molecule has 138 valence electrons. The molecule has 1 aliphatic rings. The maximum absolute atomic E-state index is 13.9. The Morgan fingerprint density at radius 3 is 2.65 bits per heavy atom. The molecule has 1 saturated heterocycles. The number of likely N-dealkylation sites (N-methyl/N-ethyl adjacent to an activating group) is 1. The Balaban J connectivity index is 2.06. The van der Waals surface area contributed by atoms with Crippen molar-refractivity contribution in [3.63, 3.8) is 0 Å². The molecule has 1 fully saturated rings. The Morgan fingerprint density at radius 2 is 2.04 bits per heavy atom. The minimum absolute atomic E-state index is 0.129. The summed E-state index contributed by atoms with van der Waals surface area (Å²) in [6, 6.07) is 9.06. The van der Waals surface area contributed by atoms with Crippen molar-refractivity contribution in [1.29, 1.82) is 0 Å². The molecular weight excluding hydrogens is 378 g/mol. The highest BCUT2D eigenvalue weighted by molar-refractivity contribution is 6.36. The van der Waals surface area contributed by atoms with E-state index in [4.69, 9.17) is 23.2 Å². The monoisotopic (exact) mass is 396 g/mol. The molecule has 1 unspecified atom stereocenters. The number of carbonyl (C=O) groups is 1. The van der Waals surface area contributed by atoms with Gasteiger partial charge < -0.3 is 10.0 Å². The Hall–Kier alpha value is -1.82. The summed E-state index contributed by atoms with van der Waals surface area (Å²) >= 11 is 12.2. The molecule has 1 amide bonds. The number of hydrogen-bond acceptors (Lipinski definition) is 2. The van der Waals surface area contributed by atoms with E-state index in [2.05, 4.69) is 4.90 Å². The number of amides is 1. The molecule has 0 aliphatic carbocycles. The lowest BCUT2D eigenvalue weighted by Gasteiger charge is -2.28. The molecule has 4 nitrogen and oxygen atoms in total. The van der Waals surface area contributed by atoms with Gasteiger partial charge in [-0.25, -0.2) is 9.18 Å². The Labute approximate surface area is 161 Å². The lowest BCUT2D eigenvalue weighted by Crippen LogP contribution is -2.41. The molecule has 0 saturated carbocycles. The van der Waals surface area contributed by atoms with E-state index in [-0.39, 0.29) is 6.04 Å². The van der Waals surface area contributed by atoms with Gasteiger partial charge in [0, 0.05) is 33.8 Å². The molecule has 0 spiro atoms. The molecule has 0 radical (unpaired) electrons. The Kier molecular flexibility index (Phi) is 5.70. The second-order valence-electron chi connectivity index (χ2n) is 6.46. The summed E-state index contributed by atoms with van der Waals surface area (Å²) in [5.41, 5.74) is 1.37. The van der Waals surface area contributed by atoms with Crippen LogP contribution in [0.2, 0.25) is 10.0 Å². The summed E-state index contributed by atoms with van der Waals surface area (Å²) in [5, 5.41) is 10.6. The summed E-state index contributed by atoms with van der Waals surface area (Å²) in [7, 11) is 1.99. The van der Waals surface area contributed by atoms with Crippen LogP contribution in [0.5, 0.6) is 0 Å². The Bertz CT molecular complexity index is 831. The smallest absolute Gasteiger partial charge is 0.411 e. The van der Waals surface area contributed by atoms with Gasteiger partial charge in [0.15, 0.2) is 0 Å². The summed E-state index contributed by atoms with van der Waals surface area (Å²) < 4.78 is 13.9. The molecule has 0 aromatic heterocycles. The van der Waals surface area contributed by atoms with Gasteiger partial charge in [0.25, 0.3) is 0 Å². The number of hydrogen-bond donors (Lipinski definition) is 1. The molecule has 2 aromatic carbocycles. The average molecular weight is 397 g/mol. The van der Waals surface area contributed by atoms with E-state index in [1.54, 1.807) is 18.2 Å². The van der Waals surface area contributed by atoms with Crippen LogP contribution in [0.1, 0.15) is 12.8 Å². The van der Waals surface area contributed by atoms with E-state index in [1.807, 2.05) is 7.05 Å². The largest absolute Gasteiger partial charge is 0.465 e. The van der Waals surface area contributed by atoms with Crippen LogP contribution in [0.25, 0.3) is 11.1 Å². The normalized spacial score (nSPS) is 17.5. The third-order valence-electron chi connectivity index (χ3n) is 4.77. The fourth-order valence-electron chi connectivity index (χ4n) is 3.37. The first-order chi connectivity index (χ1) is 12.4. The highest BCUT2D eigenvalue weighted by atomic mass is 35.5. The predicted octanol–water partition coefficient (Wildman–Crippen LogP) is 5.38. The third kappa shape index (κ3) is 3.95. The zero-order valence-corrected chi connectivity index (χ0v) is 15.8. The molecule has 1 atom stereocenters. The van der Waals surface area contributed by atoms with Gasteiger partial charge in [-0.05, 0) is 56.8 Å². The zero-order valence-electron chi connectivity index (χ0n) is 14.3. The van der Waals surface area contributed by atoms with Crippen LogP contribution < -0.4 is 4.90 Å². The molecule has 0 bridgehead atoms. The van der Waals surface area contributed by atoms with Crippen LogP contribution in [-0.2, 0) is 0 Å². The van der Waals surface area contributed by atoms with Gasteiger partial charge in [0.05, 0.1) is 5.69 Å². The molecule has 3 rings (SSSR count). The zero-order chi connectivity index (χ0) is 18.8. The quantitative estimate of drug-likeness (QED) is 0.754. The van der Waals surface area contributed by atoms with Crippen molar-refractivity contribution in [2.75, 3.05) is 25.0 Å². The predicted molar refractivity (Wildman–Crippen MR) is 103 cm³/mol. The summed E-state index contributed by atoms with van der Waals surface area (Å²) in [5.74, 6) is -0.460. The van der Waals surface area contributed by atoms with Crippen molar-refractivity contribution in [1.82, 2.24) is 4.90 Å². The van der Waals surface area contributed by atoms with Crippen LogP contribution in [0.15, 0.2) is 36.4 Å². The first-order valence-electron chi connectivity index (χ1n) is 8.32. The van der Waals surface area contributed by atoms with E-state index in [0.717, 1.165) is 19.4 Å². The lowest BCUT2D eigenvalue weighted by molar-refractivity contribution is 0.198. The second kappa shape index (κ2) is 7.82. The van der Waals surface area contributed by atoms with Gasteiger partial charge in [-0.3, -0.25) is 4.90 Å². The van der Waals surface area contributed by atoms with Crippen molar-refractivity contribution < 1.29 is 14.3 Å². The van der Waals surface area contributed by atoms with E-state index >= 15 is 0 Å². The van der Waals surface area contributed by atoms with Gasteiger partial charge in [0.1, 0.15) is 5.82 Å². The van der Waals surface area contributed by atoms with Gasteiger partial charge >= 0.3 is 6.09 Å². The van der Waals surface area contributed by atoms with Gasteiger partial charge in [0.2, 0.25) is 0 Å². The fourth-order valence-corrected chi connectivity index (χ4v) is 3.88. The second-order valence-corrected chi connectivity index (χ2v) is 7.30. The highest BCUT2D eigenvalue weighted by Gasteiger charge is 2.28. The standard InChI is InChI=1S/C19H19Cl2FN2O2/c1-23-8-2-3-14(23)11-24(19(25)26)18-7-5-13(22)10-16(18)15-6-4-12(20)9-17(15)21/h4-7,9-10,14H,2-3,8,11H2,1H3,(H,25,26). The van der Waals surface area contributed by atoms with E-state index in [1.165, 1.54) is 23.1 Å². The third-order valence-corrected chi connectivity index (χ3v) is 5.31. The number of nitrogens with zero attached hydrogens (tertiary/aromatic N) is 2. The minimum Gasteiger partial charge on any atom is -0.465 e. The van der Waals surface area contributed by atoms with E-state index < -0.39 is 11.9 Å². The number of benzene rings is 2. The fraction of sp³-hybridized carbons (Fsp3) is 0.316. The minimum atomic E-state index is -1.08. The van der Waals surface area contributed by atoms with Gasteiger partial charge in [-0.2, -0.15) is 0 Å². The van der Waals surface area contributed by atoms with Crippen molar-refractivity contribution >= 4 is 35.0 Å². The van der Waals surface area contributed by atoms with Crippen molar-refractivity contribution in [2.45, 2.75) is 18.9 Å². The van der Waals surface area contributed by atoms with Crippen LogP contribution in [0, 0.1) is 5.82 Å². The number of halogens is 3. The summed E-state index contributed by atoms with van der Waals surface area (Å²) in [4.78, 5) is 15.4. The number of anilines is 1. The highest BCUT2D eigenvalue weighted by Crippen LogP contribution is 2.37. The Morgan fingerprint density at radius 1 is 1.27 bits per heavy atom. The van der Waals surface area contributed by atoms with Crippen molar-refractivity contribution in [3.8, 4) is 11.1 Å². The topological polar surface area (TPSA) is 43.8 Å². The molecule has 26 heavy (non-hydrogen) atoms. The number of carboxylic acid groups (broad SMARTS) is 1. The molecule has 1 N–H and O–H groups in total. The molecular formula is C19H19Cl2FN2O2. The number of rotatable bonds is 4. The van der Waals surface area contributed by atoms with Crippen LogP contribution in [0.4, 0.5) is 14.9 Å². The van der Waals surface area contributed by atoms with E-state index in [9.17, 15) is 14.3 Å². The van der Waals surface area contributed by atoms with E-state index in [0.29, 0.717) is 33.4 Å². The molecule has 2 aromatic rings. The SMILES string of the molecule is CN1CCCC1CN(C(=O)O)c1ccc(F)cc1-c1ccc(Cl)cc1Cl. The van der Waals surface area contributed by atoms with Crippen LogP contribution in [-0.4, -0.2) is 42.3 Å². The average Bonchev–Trinajstić information content (AvgIpc) is 2.98. The molecule has 1 aliphatic heterocycles. The van der Waals surface area contributed by atoms with Crippen LogP contribution >= 0.6 is 23.2 Å². The summed E-state index contributed by atoms with van der Waals surface area (Å²) in [6.45, 7) is 1.26. The molecule has 7 heteroatoms. The lowest BCUT2D eigenvalue weighted by atomic mass is 10.0. The maximum Gasteiger partial charge on any atom is 0.411 e. The number of likely N-dealkylation sites (tertiary alicyclic amines) is 1. The van der Waals surface area contributed by atoms with Gasteiger partial charge in [-0.15, -0.1) is 0 Å². The molecule has 1 heterocycles. The van der Waals surface area contributed by atoms with Crippen molar-refractivity contribution in [3.05, 3.63) is 52.3 Å². The van der Waals surface area contributed by atoms with Gasteiger partial charge in [-0.1, -0.05) is 29.3 Å². The van der Waals surface area contributed by atoms with Crippen molar-refractivity contribution in [2.24, 2.45) is 0 Å².